The van der Waals surface area contributed by atoms with Crippen LogP contribution in [0.1, 0.15) is 30.4 Å². The molecular formula is C18H21NS. The van der Waals surface area contributed by atoms with E-state index in [4.69, 9.17) is 0 Å². The third-order valence-electron chi connectivity index (χ3n) is 4.27. The summed E-state index contributed by atoms with van der Waals surface area (Å²) in [7, 11) is 4.33. The molecule has 1 aliphatic heterocycles. The summed E-state index contributed by atoms with van der Waals surface area (Å²) in [6, 6.07) is 18.3. The fourth-order valence-electron chi connectivity index (χ4n) is 2.81. The topological polar surface area (TPSA) is 3.24 Å². The van der Waals surface area contributed by atoms with Crippen LogP contribution in [-0.2, 0) is 0 Å². The molecule has 0 radical (unpaired) electrons. The summed E-state index contributed by atoms with van der Waals surface area (Å²) < 4.78 is 0. The van der Waals surface area contributed by atoms with Crippen molar-refractivity contribution in [3.05, 3.63) is 59.7 Å². The van der Waals surface area contributed by atoms with E-state index in [9.17, 15) is 0 Å². The van der Waals surface area contributed by atoms with E-state index in [0.717, 1.165) is 0 Å². The molecule has 0 fully saturated rings. The zero-order valence-corrected chi connectivity index (χ0v) is 13.2. The molecule has 2 aromatic rings. The summed E-state index contributed by atoms with van der Waals surface area (Å²) in [4.78, 5) is 5.15. The molecule has 1 aliphatic rings. The molecule has 0 saturated heterocycles. The summed E-state index contributed by atoms with van der Waals surface area (Å²) in [5.41, 5.74) is 2.98. The summed E-state index contributed by atoms with van der Waals surface area (Å²) in [5, 5.41) is 0. The molecule has 1 heterocycles. The molecule has 2 aromatic carbocycles. The lowest BCUT2D eigenvalue weighted by Gasteiger charge is -2.31. The molecule has 20 heavy (non-hydrogen) atoms. The Labute approximate surface area is 126 Å². The maximum Gasteiger partial charge on any atom is 0.0160 e. The van der Waals surface area contributed by atoms with Gasteiger partial charge in [-0.3, -0.25) is 0 Å². The number of hydrogen-bond acceptors (Lipinski definition) is 2. The molecule has 0 bridgehead atoms. The van der Waals surface area contributed by atoms with Crippen LogP contribution >= 0.6 is 11.8 Å². The van der Waals surface area contributed by atoms with Crippen molar-refractivity contribution in [2.75, 3.05) is 14.1 Å². The Morgan fingerprint density at radius 1 is 0.950 bits per heavy atom. The average molecular weight is 283 g/mol. The molecule has 1 nitrogen and oxygen atoms in total. The molecule has 1 unspecified atom stereocenters. The summed E-state index contributed by atoms with van der Waals surface area (Å²) >= 11 is 1.91. The smallest absolute Gasteiger partial charge is 0.0160 e. The van der Waals surface area contributed by atoms with Crippen molar-refractivity contribution in [2.24, 2.45) is 0 Å². The van der Waals surface area contributed by atoms with Gasteiger partial charge in [-0.25, -0.2) is 0 Å². The highest BCUT2D eigenvalue weighted by Crippen LogP contribution is 2.47. The maximum absolute atomic E-state index is 2.31. The van der Waals surface area contributed by atoms with Crippen LogP contribution in [0.2, 0.25) is 0 Å². The first-order valence-electron chi connectivity index (χ1n) is 7.19. The largest absolute Gasteiger partial charge is 0.307 e. The van der Waals surface area contributed by atoms with Gasteiger partial charge in [-0.1, -0.05) is 48.2 Å². The number of nitrogens with zero attached hydrogens (tertiary/aromatic N) is 1. The number of fused-ring (bicyclic) bond motifs is 2. The Morgan fingerprint density at radius 2 is 1.45 bits per heavy atom. The molecule has 0 spiro atoms. The van der Waals surface area contributed by atoms with Gasteiger partial charge in [-0.05, 0) is 50.7 Å². The van der Waals surface area contributed by atoms with Crippen LogP contribution in [0.5, 0.6) is 0 Å². The SMILES string of the molecule is CC(CC1c2ccccc2Sc2ccccc21)N(C)C. The number of rotatable bonds is 3. The van der Waals surface area contributed by atoms with E-state index >= 15 is 0 Å². The van der Waals surface area contributed by atoms with Crippen LogP contribution in [0.4, 0.5) is 0 Å². The molecule has 0 amide bonds. The summed E-state index contributed by atoms with van der Waals surface area (Å²) in [6.07, 6.45) is 1.17. The van der Waals surface area contributed by atoms with E-state index in [2.05, 4.69) is 74.4 Å². The minimum Gasteiger partial charge on any atom is -0.307 e. The second kappa shape index (κ2) is 5.63. The highest BCUT2D eigenvalue weighted by atomic mass is 32.2. The van der Waals surface area contributed by atoms with E-state index < -0.39 is 0 Å². The predicted molar refractivity (Wildman–Crippen MR) is 86.6 cm³/mol. The number of benzene rings is 2. The Bertz CT molecular complexity index is 560. The van der Waals surface area contributed by atoms with Gasteiger partial charge >= 0.3 is 0 Å². The molecule has 1 atom stereocenters. The minimum absolute atomic E-state index is 0.515. The van der Waals surface area contributed by atoms with Gasteiger partial charge < -0.3 is 4.90 Å². The minimum atomic E-state index is 0.515. The highest BCUT2D eigenvalue weighted by molar-refractivity contribution is 7.99. The van der Waals surface area contributed by atoms with Gasteiger partial charge in [-0.15, -0.1) is 0 Å². The van der Waals surface area contributed by atoms with Crippen molar-refractivity contribution < 1.29 is 0 Å². The average Bonchev–Trinajstić information content (AvgIpc) is 2.46. The third kappa shape index (κ3) is 2.50. The van der Waals surface area contributed by atoms with E-state index in [1.165, 1.54) is 27.3 Å². The van der Waals surface area contributed by atoms with E-state index in [0.29, 0.717) is 12.0 Å². The molecule has 0 saturated carbocycles. The summed E-state index contributed by atoms with van der Waals surface area (Å²) in [6.45, 7) is 2.31. The second-order valence-electron chi connectivity index (χ2n) is 5.78. The molecule has 3 rings (SSSR count). The summed E-state index contributed by atoms with van der Waals surface area (Å²) in [5.74, 6) is 0.515. The van der Waals surface area contributed by atoms with Crippen molar-refractivity contribution in [2.45, 2.75) is 35.1 Å². The van der Waals surface area contributed by atoms with E-state index in [-0.39, 0.29) is 0 Å². The van der Waals surface area contributed by atoms with Crippen LogP contribution in [0.15, 0.2) is 58.3 Å². The van der Waals surface area contributed by atoms with Gasteiger partial charge in [0, 0.05) is 21.8 Å². The monoisotopic (exact) mass is 283 g/mol. The molecule has 0 aliphatic carbocycles. The Balaban J connectivity index is 2.03. The van der Waals surface area contributed by atoms with Crippen LogP contribution in [0.25, 0.3) is 0 Å². The van der Waals surface area contributed by atoms with Gasteiger partial charge in [-0.2, -0.15) is 0 Å². The van der Waals surface area contributed by atoms with Crippen molar-refractivity contribution in [1.29, 1.82) is 0 Å². The normalized spacial score (nSPS) is 15.8. The first kappa shape index (κ1) is 13.7. The second-order valence-corrected chi connectivity index (χ2v) is 6.86. The predicted octanol–water partition coefficient (Wildman–Crippen LogP) is 4.62. The van der Waals surface area contributed by atoms with Crippen LogP contribution in [0.3, 0.4) is 0 Å². The van der Waals surface area contributed by atoms with Gasteiger partial charge in [0.25, 0.3) is 0 Å². The fourth-order valence-corrected chi connectivity index (χ4v) is 4.00. The van der Waals surface area contributed by atoms with Gasteiger partial charge in [0.05, 0.1) is 0 Å². The maximum atomic E-state index is 2.31. The molecular weight excluding hydrogens is 262 g/mol. The fraction of sp³-hybridized carbons (Fsp3) is 0.333. The molecule has 104 valence electrons. The first-order chi connectivity index (χ1) is 9.66. The lowest BCUT2D eigenvalue weighted by atomic mass is 9.85. The van der Waals surface area contributed by atoms with Gasteiger partial charge in [0.1, 0.15) is 0 Å². The lowest BCUT2D eigenvalue weighted by Crippen LogP contribution is -2.27. The zero-order chi connectivity index (χ0) is 14.1. The van der Waals surface area contributed by atoms with Crippen molar-refractivity contribution in [3.8, 4) is 0 Å². The van der Waals surface area contributed by atoms with Gasteiger partial charge in [0.15, 0.2) is 0 Å². The van der Waals surface area contributed by atoms with Crippen LogP contribution in [-0.4, -0.2) is 25.0 Å². The van der Waals surface area contributed by atoms with Crippen molar-refractivity contribution >= 4 is 11.8 Å². The van der Waals surface area contributed by atoms with E-state index in [1.54, 1.807) is 0 Å². The quantitative estimate of drug-likeness (QED) is 0.808. The number of hydrogen-bond donors (Lipinski definition) is 0. The van der Waals surface area contributed by atoms with Crippen LogP contribution in [0, 0.1) is 0 Å². The van der Waals surface area contributed by atoms with E-state index in [1.807, 2.05) is 11.8 Å². The first-order valence-corrected chi connectivity index (χ1v) is 8.00. The zero-order valence-electron chi connectivity index (χ0n) is 12.3. The molecule has 2 heteroatoms. The van der Waals surface area contributed by atoms with Gasteiger partial charge in [0.2, 0.25) is 0 Å². The third-order valence-corrected chi connectivity index (χ3v) is 5.45. The molecule has 0 N–H and O–H groups in total. The standard InChI is InChI=1S/C18H21NS/c1-13(19(2)3)12-16-14-8-4-6-10-17(14)20-18-11-7-5-9-15(16)18/h4-11,13,16H,12H2,1-3H3. The Morgan fingerprint density at radius 3 is 1.95 bits per heavy atom. The molecule has 0 aromatic heterocycles. The highest BCUT2D eigenvalue weighted by Gasteiger charge is 2.27. The lowest BCUT2D eigenvalue weighted by molar-refractivity contribution is 0.289. The van der Waals surface area contributed by atoms with Crippen molar-refractivity contribution in [1.82, 2.24) is 4.90 Å². The van der Waals surface area contributed by atoms with Crippen molar-refractivity contribution in [3.63, 3.8) is 0 Å². The Hall–Kier alpha value is -1.25. The van der Waals surface area contributed by atoms with Crippen LogP contribution < -0.4 is 0 Å². The Kier molecular flexibility index (Phi) is 3.86.